The molecule has 1 amide bonds. The fourth-order valence-corrected chi connectivity index (χ4v) is 1.64. The largest absolute Gasteiger partial charge is 0.493 e. The molecule has 1 aromatic carbocycles. The van der Waals surface area contributed by atoms with Gasteiger partial charge < -0.3 is 20.5 Å². The molecule has 0 unspecified atom stereocenters. The van der Waals surface area contributed by atoms with Gasteiger partial charge in [0.2, 0.25) is 5.91 Å². The Labute approximate surface area is 118 Å². The van der Waals surface area contributed by atoms with Crippen molar-refractivity contribution in [3.8, 4) is 11.5 Å². The number of hydrogen-bond donors (Lipinski definition) is 2. The summed E-state index contributed by atoms with van der Waals surface area (Å²) in [6.07, 6.45) is 1.49. The zero-order valence-electron chi connectivity index (χ0n) is 11.1. The molecule has 2 rings (SSSR count). The highest BCUT2D eigenvalue weighted by Gasteiger charge is 2.45. The lowest BCUT2D eigenvalue weighted by atomic mass is 10.2. The Kier molecular flexibility index (Phi) is 5.03. The van der Waals surface area contributed by atoms with E-state index in [9.17, 15) is 4.79 Å². The quantitative estimate of drug-likeness (QED) is 0.868. The maximum Gasteiger partial charge on any atom is 0.244 e. The summed E-state index contributed by atoms with van der Waals surface area (Å²) in [5, 5.41) is 2.79. The van der Waals surface area contributed by atoms with Crippen molar-refractivity contribution in [3.63, 3.8) is 0 Å². The van der Waals surface area contributed by atoms with Crippen LogP contribution in [-0.2, 0) is 4.79 Å². The molecular formula is C13H19ClN2O3. The third-order valence-corrected chi connectivity index (χ3v) is 2.96. The molecule has 0 radical (unpaired) electrons. The summed E-state index contributed by atoms with van der Waals surface area (Å²) in [7, 11) is 1.56. The van der Waals surface area contributed by atoms with E-state index in [2.05, 4.69) is 5.32 Å². The number of nitrogens with two attached hydrogens (primary N) is 1. The number of ether oxygens (including phenoxy) is 2. The Bertz CT molecular complexity index is 461. The maximum absolute atomic E-state index is 11.8. The fourth-order valence-electron chi connectivity index (χ4n) is 1.64. The van der Waals surface area contributed by atoms with E-state index in [4.69, 9.17) is 15.2 Å². The molecule has 1 aliphatic rings. The van der Waals surface area contributed by atoms with Crippen LogP contribution in [0, 0.1) is 0 Å². The van der Waals surface area contributed by atoms with Gasteiger partial charge in [0.25, 0.3) is 0 Å². The molecule has 0 bridgehead atoms. The van der Waals surface area contributed by atoms with Gasteiger partial charge in [-0.05, 0) is 31.9 Å². The second-order valence-corrected chi connectivity index (χ2v) is 4.41. The van der Waals surface area contributed by atoms with Crippen LogP contribution in [0.5, 0.6) is 11.5 Å². The van der Waals surface area contributed by atoms with Crippen LogP contribution in [0.1, 0.15) is 19.8 Å². The Morgan fingerprint density at radius 1 is 1.42 bits per heavy atom. The molecule has 0 atom stereocenters. The van der Waals surface area contributed by atoms with Crippen molar-refractivity contribution >= 4 is 24.0 Å². The molecule has 1 saturated carbocycles. The average Bonchev–Trinajstić information content (AvgIpc) is 3.11. The summed E-state index contributed by atoms with van der Waals surface area (Å²) in [6, 6.07) is 5.28. The molecule has 0 spiro atoms. The van der Waals surface area contributed by atoms with Gasteiger partial charge in [-0.2, -0.15) is 0 Å². The zero-order chi connectivity index (χ0) is 13.2. The highest BCUT2D eigenvalue weighted by atomic mass is 35.5. The lowest BCUT2D eigenvalue weighted by molar-refractivity contribution is -0.118. The number of rotatable bonds is 5. The molecule has 0 aromatic heterocycles. The third kappa shape index (κ3) is 3.52. The predicted octanol–water partition coefficient (Wildman–Crippen LogP) is 1.95. The lowest BCUT2D eigenvalue weighted by Gasteiger charge is -2.13. The number of methoxy groups -OCH3 is 1. The van der Waals surface area contributed by atoms with Crippen LogP contribution in [0.2, 0.25) is 0 Å². The molecule has 0 aliphatic heterocycles. The smallest absolute Gasteiger partial charge is 0.244 e. The van der Waals surface area contributed by atoms with Crippen molar-refractivity contribution in [1.82, 2.24) is 0 Å². The lowest BCUT2D eigenvalue weighted by Crippen LogP contribution is -2.37. The van der Waals surface area contributed by atoms with Crippen LogP contribution < -0.4 is 20.5 Å². The van der Waals surface area contributed by atoms with Crippen molar-refractivity contribution in [2.24, 2.45) is 5.73 Å². The molecule has 1 aliphatic carbocycles. The van der Waals surface area contributed by atoms with Crippen LogP contribution in [0.25, 0.3) is 0 Å². The number of carbonyl (C=O) groups is 1. The number of amides is 1. The van der Waals surface area contributed by atoms with E-state index < -0.39 is 5.54 Å². The first-order valence-electron chi connectivity index (χ1n) is 6.00. The van der Waals surface area contributed by atoms with E-state index in [1.54, 1.807) is 25.3 Å². The molecule has 3 N–H and O–H groups in total. The minimum absolute atomic E-state index is 0. The van der Waals surface area contributed by atoms with E-state index in [1.165, 1.54) is 0 Å². The zero-order valence-corrected chi connectivity index (χ0v) is 11.9. The van der Waals surface area contributed by atoms with E-state index in [-0.39, 0.29) is 18.3 Å². The standard InChI is InChI=1S/C13H18N2O3.ClH/c1-3-18-10-5-4-9(8-11(10)17-2)15-12(16)13(14)6-7-13;/h4-5,8H,3,6-7,14H2,1-2H3,(H,15,16);1H. The second kappa shape index (κ2) is 6.12. The number of carbonyl (C=O) groups excluding carboxylic acids is 1. The topological polar surface area (TPSA) is 73.6 Å². The highest BCUT2D eigenvalue weighted by molar-refractivity contribution is 6.00. The summed E-state index contributed by atoms with van der Waals surface area (Å²) < 4.78 is 10.6. The fraction of sp³-hybridized carbons (Fsp3) is 0.462. The molecule has 6 heteroatoms. The summed E-state index contributed by atoms with van der Waals surface area (Å²) in [5.41, 5.74) is 5.81. The van der Waals surface area contributed by atoms with E-state index in [0.717, 1.165) is 12.8 Å². The van der Waals surface area contributed by atoms with Crippen molar-refractivity contribution in [2.45, 2.75) is 25.3 Å². The first kappa shape index (κ1) is 15.6. The van der Waals surface area contributed by atoms with Crippen molar-refractivity contribution in [3.05, 3.63) is 18.2 Å². The first-order valence-corrected chi connectivity index (χ1v) is 6.00. The van der Waals surface area contributed by atoms with Gasteiger partial charge in [-0.1, -0.05) is 0 Å². The number of hydrogen-bond acceptors (Lipinski definition) is 4. The van der Waals surface area contributed by atoms with Gasteiger partial charge in [0.1, 0.15) is 0 Å². The molecule has 1 fully saturated rings. The molecule has 0 heterocycles. The van der Waals surface area contributed by atoms with E-state index in [0.29, 0.717) is 23.8 Å². The second-order valence-electron chi connectivity index (χ2n) is 4.41. The van der Waals surface area contributed by atoms with Crippen LogP contribution in [0.4, 0.5) is 5.69 Å². The van der Waals surface area contributed by atoms with Gasteiger partial charge in [-0.3, -0.25) is 4.79 Å². The summed E-state index contributed by atoms with van der Waals surface area (Å²) >= 11 is 0. The van der Waals surface area contributed by atoms with Crippen LogP contribution in [-0.4, -0.2) is 25.2 Å². The summed E-state index contributed by atoms with van der Waals surface area (Å²) in [4.78, 5) is 11.8. The van der Waals surface area contributed by atoms with Gasteiger partial charge in [-0.15, -0.1) is 12.4 Å². The Morgan fingerprint density at radius 2 is 2.11 bits per heavy atom. The summed E-state index contributed by atoms with van der Waals surface area (Å²) in [5.74, 6) is 1.11. The van der Waals surface area contributed by atoms with E-state index >= 15 is 0 Å². The van der Waals surface area contributed by atoms with Crippen molar-refractivity contribution in [2.75, 3.05) is 19.0 Å². The predicted molar refractivity (Wildman–Crippen MR) is 76.2 cm³/mol. The highest BCUT2D eigenvalue weighted by Crippen LogP contribution is 2.35. The minimum Gasteiger partial charge on any atom is -0.493 e. The molecule has 19 heavy (non-hydrogen) atoms. The molecule has 0 saturated heterocycles. The Hall–Kier alpha value is -1.46. The van der Waals surface area contributed by atoms with Crippen LogP contribution in [0.3, 0.4) is 0 Å². The maximum atomic E-state index is 11.8. The van der Waals surface area contributed by atoms with Gasteiger partial charge in [0.15, 0.2) is 11.5 Å². The number of anilines is 1. The normalized spacial score (nSPS) is 15.1. The molecular weight excluding hydrogens is 268 g/mol. The number of nitrogens with one attached hydrogen (secondary N) is 1. The van der Waals surface area contributed by atoms with Gasteiger partial charge >= 0.3 is 0 Å². The number of halogens is 1. The van der Waals surface area contributed by atoms with Crippen LogP contribution >= 0.6 is 12.4 Å². The Morgan fingerprint density at radius 3 is 2.63 bits per heavy atom. The minimum atomic E-state index is -0.675. The van der Waals surface area contributed by atoms with Crippen LogP contribution in [0.15, 0.2) is 18.2 Å². The molecule has 5 nitrogen and oxygen atoms in total. The third-order valence-electron chi connectivity index (χ3n) is 2.96. The van der Waals surface area contributed by atoms with Crippen molar-refractivity contribution in [1.29, 1.82) is 0 Å². The van der Waals surface area contributed by atoms with Gasteiger partial charge in [0, 0.05) is 11.8 Å². The average molecular weight is 287 g/mol. The SMILES string of the molecule is CCOc1ccc(NC(=O)C2(N)CC2)cc1OC.Cl. The summed E-state index contributed by atoms with van der Waals surface area (Å²) in [6.45, 7) is 2.47. The van der Waals surface area contributed by atoms with Gasteiger partial charge in [0.05, 0.1) is 19.3 Å². The molecule has 106 valence electrons. The monoisotopic (exact) mass is 286 g/mol. The first-order chi connectivity index (χ1) is 8.59. The Balaban J connectivity index is 0.00000180. The van der Waals surface area contributed by atoms with Crippen molar-refractivity contribution < 1.29 is 14.3 Å². The molecule has 1 aromatic rings. The van der Waals surface area contributed by atoms with Gasteiger partial charge in [-0.25, -0.2) is 0 Å². The number of benzene rings is 1. The van der Waals surface area contributed by atoms with E-state index in [1.807, 2.05) is 6.92 Å².